The smallest absolute Gasteiger partial charge is 0.323 e. The molecule has 0 heterocycles. The van der Waals surface area contributed by atoms with Crippen LogP contribution in [0.3, 0.4) is 0 Å². The molecule has 1 saturated carbocycles. The Hall–Kier alpha value is -1.88. The lowest BCUT2D eigenvalue weighted by Gasteiger charge is -2.33. The summed E-state index contributed by atoms with van der Waals surface area (Å²) in [5.41, 5.74) is 5.44. The number of rotatable bonds is 4. The molecule has 1 aliphatic carbocycles. The first kappa shape index (κ1) is 14.5. The van der Waals surface area contributed by atoms with Gasteiger partial charge < -0.3 is 15.6 Å². The summed E-state index contributed by atoms with van der Waals surface area (Å²) in [6.07, 6.45) is 1.83. The van der Waals surface area contributed by atoms with E-state index in [-0.39, 0.29) is 19.0 Å². The predicted molar refractivity (Wildman–Crippen MR) is 72.8 cm³/mol. The molecule has 5 nitrogen and oxygen atoms in total. The number of aliphatic carboxylic acids is 1. The van der Waals surface area contributed by atoms with Crippen LogP contribution in [0.25, 0.3) is 0 Å². The first-order valence-corrected chi connectivity index (χ1v) is 6.74. The molecular weight excluding hydrogens is 258 g/mol. The van der Waals surface area contributed by atoms with Crippen molar-refractivity contribution in [1.29, 1.82) is 0 Å². The van der Waals surface area contributed by atoms with Crippen LogP contribution in [0, 0.1) is 5.92 Å². The molecule has 0 aliphatic heterocycles. The molecule has 0 radical (unpaired) electrons. The highest BCUT2D eigenvalue weighted by atomic mass is 16.5. The largest absolute Gasteiger partial charge is 0.480 e. The van der Waals surface area contributed by atoms with E-state index in [9.17, 15) is 9.59 Å². The summed E-state index contributed by atoms with van der Waals surface area (Å²) in [7, 11) is 0. The van der Waals surface area contributed by atoms with Crippen molar-refractivity contribution in [1.82, 2.24) is 0 Å². The third kappa shape index (κ3) is 3.36. The Bertz CT molecular complexity index is 488. The van der Waals surface area contributed by atoms with Gasteiger partial charge in [-0.2, -0.15) is 0 Å². The summed E-state index contributed by atoms with van der Waals surface area (Å²) in [4.78, 5) is 23.2. The minimum absolute atomic E-state index is 0.149. The van der Waals surface area contributed by atoms with Crippen molar-refractivity contribution < 1.29 is 19.4 Å². The van der Waals surface area contributed by atoms with E-state index in [1.165, 1.54) is 0 Å². The zero-order chi connectivity index (χ0) is 14.6. The van der Waals surface area contributed by atoms with Crippen molar-refractivity contribution >= 4 is 11.9 Å². The fourth-order valence-electron chi connectivity index (χ4n) is 2.55. The fourth-order valence-corrected chi connectivity index (χ4v) is 2.55. The number of nitrogens with two attached hydrogens (primary N) is 1. The molecule has 108 valence electrons. The molecule has 0 aromatic heterocycles. The average Bonchev–Trinajstić information content (AvgIpc) is 2.46. The Balaban J connectivity index is 1.91. The van der Waals surface area contributed by atoms with Gasteiger partial charge in [0.1, 0.15) is 12.1 Å². The second-order valence-corrected chi connectivity index (χ2v) is 5.35. The number of benzene rings is 1. The minimum atomic E-state index is -1.30. The Kier molecular flexibility index (Phi) is 4.39. The predicted octanol–water partition coefficient (Wildman–Crippen LogP) is 1.70. The van der Waals surface area contributed by atoms with Gasteiger partial charge in [0, 0.05) is 0 Å². The van der Waals surface area contributed by atoms with Crippen LogP contribution in [0.4, 0.5) is 0 Å². The number of hydrogen-bond acceptors (Lipinski definition) is 4. The maximum atomic E-state index is 12.0. The Morgan fingerprint density at radius 3 is 2.70 bits per heavy atom. The van der Waals surface area contributed by atoms with Crippen LogP contribution in [-0.4, -0.2) is 22.6 Å². The highest BCUT2D eigenvalue weighted by molar-refractivity contribution is 5.81. The van der Waals surface area contributed by atoms with Gasteiger partial charge in [0.25, 0.3) is 0 Å². The molecule has 1 aromatic rings. The van der Waals surface area contributed by atoms with Gasteiger partial charge in [-0.05, 0) is 24.8 Å². The van der Waals surface area contributed by atoms with Gasteiger partial charge in [-0.3, -0.25) is 9.59 Å². The molecule has 20 heavy (non-hydrogen) atoms. The lowest BCUT2D eigenvalue weighted by Crippen LogP contribution is -2.52. The zero-order valence-electron chi connectivity index (χ0n) is 11.2. The third-order valence-electron chi connectivity index (χ3n) is 3.77. The number of carboxylic acids is 1. The Morgan fingerprint density at radius 2 is 2.05 bits per heavy atom. The van der Waals surface area contributed by atoms with Gasteiger partial charge in [0.2, 0.25) is 0 Å². The molecule has 2 atom stereocenters. The fraction of sp³-hybridized carbons (Fsp3) is 0.467. The second-order valence-electron chi connectivity index (χ2n) is 5.35. The molecular formula is C15H19NO4. The van der Waals surface area contributed by atoms with Crippen molar-refractivity contribution in [3.05, 3.63) is 35.9 Å². The van der Waals surface area contributed by atoms with Crippen molar-refractivity contribution in [2.75, 3.05) is 0 Å². The van der Waals surface area contributed by atoms with Crippen LogP contribution in [-0.2, 0) is 20.9 Å². The molecule has 1 aliphatic rings. The Morgan fingerprint density at radius 1 is 1.35 bits per heavy atom. The van der Waals surface area contributed by atoms with E-state index in [2.05, 4.69) is 0 Å². The third-order valence-corrected chi connectivity index (χ3v) is 3.77. The average molecular weight is 277 g/mol. The summed E-state index contributed by atoms with van der Waals surface area (Å²) in [6.45, 7) is 0.209. The standard InChI is InChI=1S/C15H19NO4/c16-15(14(18)19)8-4-7-12(9-15)13(17)20-10-11-5-2-1-3-6-11/h1-3,5-6,12H,4,7-10,16H2,(H,18,19)/t12-,15-/m1/s1. The van der Waals surface area contributed by atoms with Gasteiger partial charge in [-0.25, -0.2) is 0 Å². The molecule has 0 spiro atoms. The molecule has 1 aromatic carbocycles. The van der Waals surface area contributed by atoms with E-state index in [0.717, 1.165) is 5.56 Å². The van der Waals surface area contributed by atoms with Gasteiger partial charge in [0.05, 0.1) is 5.92 Å². The van der Waals surface area contributed by atoms with E-state index >= 15 is 0 Å². The van der Waals surface area contributed by atoms with Crippen LogP contribution >= 0.6 is 0 Å². The molecule has 0 amide bonds. The Labute approximate surface area is 117 Å². The number of hydrogen-bond donors (Lipinski definition) is 2. The monoisotopic (exact) mass is 277 g/mol. The number of carboxylic acid groups (broad SMARTS) is 1. The van der Waals surface area contributed by atoms with Crippen molar-refractivity contribution in [2.24, 2.45) is 11.7 Å². The quantitative estimate of drug-likeness (QED) is 0.818. The van der Waals surface area contributed by atoms with Crippen LogP contribution in [0.2, 0.25) is 0 Å². The lowest BCUT2D eigenvalue weighted by molar-refractivity contribution is -0.154. The first-order valence-electron chi connectivity index (χ1n) is 6.74. The number of esters is 1. The summed E-state index contributed by atoms with van der Waals surface area (Å²) in [5.74, 6) is -1.82. The van der Waals surface area contributed by atoms with Crippen LogP contribution in [0.15, 0.2) is 30.3 Å². The van der Waals surface area contributed by atoms with Gasteiger partial charge >= 0.3 is 11.9 Å². The summed E-state index contributed by atoms with van der Waals surface area (Å²) in [5, 5.41) is 9.13. The molecule has 2 rings (SSSR count). The molecule has 5 heteroatoms. The van der Waals surface area contributed by atoms with E-state index in [4.69, 9.17) is 15.6 Å². The van der Waals surface area contributed by atoms with E-state index in [1.54, 1.807) is 0 Å². The maximum Gasteiger partial charge on any atom is 0.323 e. The zero-order valence-corrected chi connectivity index (χ0v) is 11.2. The van der Waals surface area contributed by atoms with Crippen LogP contribution < -0.4 is 5.73 Å². The van der Waals surface area contributed by atoms with Crippen molar-refractivity contribution in [2.45, 2.75) is 37.8 Å². The van der Waals surface area contributed by atoms with Crippen LogP contribution in [0.1, 0.15) is 31.2 Å². The SMILES string of the molecule is N[C@]1(C(=O)O)CCC[C@@H](C(=O)OCc2ccccc2)C1. The van der Waals surface area contributed by atoms with Crippen molar-refractivity contribution in [3.8, 4) is 0 Å². The van der Waals surface area contributed by atoms with Gasteiger partial charge in [0.15, 0.2) is 0 Å². The van der Waals surface area contributed by atoms with Gasteiger partial charge in [-0.15, -0.1) is 0 Å². The normalized spacial score (nSPS) is 25.9. The minimum Gasteiger partial charge on any atom is -0.480 e. The summed E-state index contributed by atoms with van der Waals surface area (Å²) in [6, 6.07) is 9.39. The molecule has 1 fully saturated rings. The first-order chi connectivity index (χ1) is 9.51. The highest BCUT2D eigenvalue weighted by Crippen LogP contribution is 2.31. The van der Waals surface area contributed by atoms with Crippen LogP contribution in [0.5, 0.6) is 0 Å². The maximum absolute atomic E-state index is 12.0. The van der Waals surface area contributed by atoms with E-state index < -0.39 is 17.4 Å². The lowest BCUT2D eigenvalue weighted by atomic mass is 9.76. The molecule has 0 unspecified atom stereocenters. The van der Waals surface area contributed by atoms with Gasteiger partial charge in [-0.1, -0.05) is 36.8 Å². The van der Waals surface area contributed by atoms with Crippen molar-refractivity contribution in [3.63, 3.8) is 0 Å². The van der Waals surface area contributed by atoms with E-state index in [0.29, 0.717) is 19.3 Å². The molecule has 0 saturated heterocycles. The number of carbonyl (C=O) groups is 2. The topological polar surface area (TPSA) is 89.6 Å². The summed E-state index contributed by atoms with van der Waals surface area (Å²) >= 11 is 0. The second kappa shape index (κ2) is 6.05. The summed E-state index contributed by atoms with van der Waals surface area (Å²) < 4.78 is 5.25. The highest BCUT2D eigenvalue weighted by Gasteiger charge is 2.42. The number of carbonyl (C=O) groups excluding carboxylic acids is 1. The molecule has 0 bridgehead atoms. The molecule has 3 N–H and O–H groups in total. The van der Waals surface area contributed by atoms with E-state index in [1.807, 2.05) is 30.3 Å². The number of ether oxygens (including phenoxy) is 1.